The molecule has 6 heteroatoms. The summed E-state index contributed by atoms with van der Waals surface area (Å²) in [6.45, 7) is 5.83. The predicted octanol–water partition coefficient (Wildman–Crippen LogP) is 3.01. The number of nitrogens with one attached hydrogen (secondary N) is 1. The van der Waals surface area contributed by atoms with E-state index in [0.717, 1.165) is 49.5 Å². The van der Waals surface area contributed by atoms with E-state index < -0.39 is 0 Å². The Morgan fingerprint density at radius 2 is 2.20 bits per heavy atom. The normalized spacial score (nSPS) is 15.4. The molecule has 1 amide bonds. The maximum absolute atomic E-state index is 12.5. The van der Waals surface area contributed by atoms with E-state index in [-0.39, 0.29) is 12.5 Å². The lowest BCUT2D eigenvalue weighted by Crippen LogP contribution is -2.35. The van der Waals surface area contributed by atoms with Crippen LogP contribution in [0.25, 0.3) is 0 Å². The molecule has 0 aliphatic carbocycles. The molecule has 0 atom stereocenters. The number of hydrogen-bond acceptors (Lipinski definition) is 5. The van der Waals surface area contributed by atoms with Crippen molar-refractivity contribution in [3.63, 3.8) is 0 Å². The zero-order chi connectivity index (χ0) is 17.8. The first kappa shape index (κ1) is 17.5. The van der Waals surface area contributed by atoms with E-state index in [0.29, 0.717) is 17.4 Å². The summed E-state index contributed by atoms with van der Waals surface area (Å²) in [6, 6.07) is 5.44. The maximum atomic E-state index is 12.5. The Kier molecular flexibility index (Phi) is 5.38. The van der Waals surface area contributed by atoms with Crippen LogP contribution in [0.4, 0.5) is 11.5 Å². The van der Waals surface area contributed by atoms with Gasteiger partial charge in [-0.3, -0.25) is 4.79 Å². The number of furan rings is 1. The van der Waals surface area contributed by atoms with Gasteiger partial charge in [-0.05, 0) is 49.4 Å². The van der Waals surface area contributed by atoms with Gasteiger partial charge in [0.05, 0.1) is 5.69 Å². The maximum Gasteiger partial charge on any atom is 0.291 e. The van der Waals surface area contributed by atoms with Crippen molar-refractivity contribution in [3.05, 3.63) is 41.5 Å². The first-order valence-corrected chi connectivity index (χ1v) is 8.83. The standard InChI is InChI=1S/C19H25N3O3/c1-3-16-13(2)11-17(25-16)19(24)21-15-5-4-8-20-18(15)22-9-6-14(12-23)7-10-22/h4-5,8,11,14,23H,3,6-7,9-10,12H2,1-2H3,(H,21,24). The average Bonchev–Trinajstić information content (AvgIpc) is 3.03. The largest absolute Gasteiger partial charge is 0.456 e. The smallest absolute Gasteiger partial charge is 0.291 e. The van der Waals surface area contributed by atoms with Crippen LogP contribution in [0.2, 0.25) is 0 Å². The molecule has 0 radical (unpaired) electrons. The third kappa shape index (κ3) is 3.85. The van der Waals surface area contributed by atoms with Crippen molar-refractivity contribution >= 4 is 17.4 Å². The van der Waals surface area contributed by atoms with E-state index in [1.54, 1.807) is 12.3 Å². The van der Waals surface area contributed by atoms with Crippen LogP contribution in [0.5, 0.6) is 0 Å². The number of aliphatic hydroxyl groups is 1. The molecule has 0 bridgehead atoms. The minimum absolute atomic E-state index is 0.233. The highest BCUT2D eigenvalue weighted by atomic mass is 16.4. The lowest BCUT2D eigenvalue weighted by molar-refractivity contribution is 0.0995. The average molecular weight is 343 g/mol. The van der Waals surface area contributed by atoms with Gasteiger partial charge in [-0.25, -0.2) is 4.98 Å². The number of amides is 1. The SMILES string of the molecule is CCc1oc(C(=O)Nc2cccnc2N2CCC(CO)CC2)cc1C. The molecular weight excluding hydrogens is 318 g/mol. The zero-order valence-electron chi connectivity index (χ0n) is 14.8. The minimum atomic E-state index is -0.262. The third-order valence-corrected chi connectivity index (χ3v) is 4.77. The number of nitrogens with zero attached hydrogens (tertiary/aromatic N) is 2. The Bertz CT molecular complexity index is 733. The van der Waals surface area contributed by atoms with Gasteiger partial charge in [0.2, 0.25) is 0 Å². The Labute approximate surface area is 147 Å². The molecule has 0 saturated carbocycles. The molecule has 6 nitrogen and oxygen atoms in total. The second-order valence-electron chi connectivity index (χ2n) is 6.51. The molecule has 1 aliphatic heterocycles. The third-order valence-electron chi connectivity index (χ3n) is 4.77. The van der Waals surface area contributed by atoms with E-state index in [9.17, 15) is 9.90 Å². The number of carbonyl (C=O) groups excluding carboxylic acids is 1. The van der Waals surface area contributed by atoms with Gasteiger partial charge in [-0.1, -0.05) is 6.92 Å². The first-order valence-electron chi connectivity index (χ1n) is 8.83. The molecule has 25 heavy (non-hydrogen) atoms. The van der Waals surface area contributed by atoms with Crippen molar-refractivity contribution in [2.24, 2.45) is 5.92 Å². The molecule has 3 rings (SSSR count). The van der Waals surface area contributed by atoms with Crippen molar-refractivity contribution in [3.8, 4) is 0 Å². The van der Waals surface area contributed by atoms with Gasteiger partial charge in [-0.15, -0.1) is 0 Å². The lowest BCUT2D eigenvalue weighted by atomic mass is 9.98. The second kappa shape index (κ2) is 7.70. The van der Waals surface area contributed by atoms with Crippen LogP contribution in [-0.2, 0) is 6.42 Å². The Hall–Kier alpha value is -2.34. The Balaban J connectivity index is 1.75. The number of pyridine rings is 1. The number of anilines is 2. The zero-order valence-corrected chi connectivity index (χ0v) is 14.8. The number of carbonyl (C=O) groups is 1. The monoisotopic (exact) mass is 343 g/mol. The van der Waals surface area contributed by atoms with Crippen LogP contribution in [0, 0.1) is 12.8 Å². The highest BCUT2D eigenvalue weighted by Crippen LogP contribution is 2.28. The number of aliphatic hydroxyl groups excluding tert-OH is 1. The van der Waals surface area contributed by atoms with Crippen molar-refractivity contribution < 1.29 is 14.3 Å². The second-order valence-corrected chi connectivity index (χ2v) is 6.51. The Morgan fingerprint density at radius 3 is 2.84 bits per heavy atom. The molecule has 2 aromatic rings. The number of aromatic nitrogens is 1. The quantitative estimate of drug-likeness (QED) is 0.872. The van der Waals surface area contributed by atoms with Gasteiger partial charge < -0.3 is 19.7 Å². The van der Waals surface area contributed by atoms with Gasteiger partial charge in [0, 0.05) is 32.3 Å². The van der Waals surface area contributed by atoms with E-state index in [1.807, 2.05) is 26.0 Å². The topological polar surface area (TPSA) is 78.6 Å². The van der Waals surface area contributed by atoms with E-state index in [1.165, 1.54) is 0 Å². The molecule has 0 aromatic carbocycles. The fourth-order valence-electron chi connectivity index (χ4n) is 3.24. The fraction of sp³-hybridized carbons (Fsp3) is 0.474. The molecule has 0 unspecified atom stereocenters. The van der Waals surface area contributed by atoms with Crippen LogP contribution in [0.1, 0.15) is 41.6 Å². The van der Waals surface area contributed by atoms with Crippen molar-refractivity contribution in [1.29, 1.82) is 0 Å². The summed E-state index contributed by atoms with van der Waals surface area (Å²) in [5.41, 5.74) is 1.67. The highest BCUT2D eigenvalue weighted by Gasteiger charge is 2.22. The van der Waals surface area contributed by atoms with Crippen molar-refractivity contribution in [2.75, 3.05) is 29.9 Å². The molecule has 3 heterocycles. The predicted molar refractivity (Wildman–Crippen MR) is 97.0 cm³/mol. The van der Waals surface area contributed by atoms with Crippen LogP contribution < -0.4 is 10.2 Å². The molecule has 2 aromatic heterocycles. The number of piperidine rings is 1. The highest BCUT2D eigenvalue weighted by molar-refractivity contribution is 6.04. The van der Waals surface area contributed by atoms with Gasteiger partial charge >= 0.3 is 0 Å². The van der Waals surface area contributed by atoms with Crippen LogP contribution in [0.15, 0.2) is 28.8 Å². The van der Waals surface area contributed by atoms with E-state index in [2.05, 4.69) is 15.2 Å². The summed E-state index contributed by atoms with van der Waals surface area (Å²) < 4.78 is 5.64. The summed E-state index contributed by atoms with van der Waals surface area (Å²) in [5, 5.41) is 12.2. The summed E-state index contributed by atoms with van der Waals surface area (Å²) in [6.07, 6.45) is 4.35. The fourth-order valence-corrected chi connectivity index (χ4v) is 3.24. The molecular formula is C19H25N3O3. The van der Waals surface area contributed by atoms with Gasteiger partial charge in [0.25, 0.3) is 5.91 Å². The summed E-state index contributed by atoms with van der Waals surface area (Å²) in [5.74, 6) is 2.02. The number of aryl methyl sites for hydroxylation is 2. The summed E-state index contributed by atoms with van der Waals surface area (Å²) in [7, 11) is 0. The molecule has 1 fully saturated rings. The van der Waals surface area contributed by atoms with Crippen molar-refractivity contribution in [2.45, 2.75) is 33.1 Å². The molecule has 1 saturated heterocycles. The summed E-state index contributed by atoms with van der Waals surface area (Å²) in [4.78, 5) is 19.2. The molecule has 2 N–H and O–H groups in total. The lowest BCUT2D eigenvalue weighted by Gasteiger charge is -2.33. The van der Waals surface area contributed by atoms with Crippen LogP contribution in [-0.4, -0.2) is 35.7 Å². The Morgan fingerprint density at radius 1 is 1.44 bits per heavy atom. The van der Waals surface area contributed by atoms with Crippen molar-refractivity contribution in [1.82, 2.24) is 4.98 Å². The van der Waals surface area contributed by atoms with Crippen LogP contribution in [0.3, 0.4) is 0 Å². The van der Waals surface area contributed by atoms with Crippen LogP contribution >= 0.6 is 0 Å². The van der Waals surface area contributed by atoms with Gasteiger partial charge in [0.1, 0.15) is 5.76 Å². The molecule has 134 valence electrons. The first-order chi connectivity index (χ1) is 12.1. The minimum Gasteiger partial charge on any atom is -0.456 e. The molecule has 1 aliphatic rings. The van der Waals surface area contributed by atoms with Gasteiger partial charge in [-0.2, -0.15) is 0 Å². The van der Waals surface area contributed by atoms with E-state index in [4.69, 9.17) is 4.42 Å². The summed E-state index contributed by atoms with van der Waals surface area (Å²) >= 11 is 0. The number of rotatable bonds is 5. The van der Waals surface area contributed by atoms with E-state index >= 15 is 0 Å². The van der Waals surface area contributed by atoms with Gasteiger partial charge in [0.15, 0.2) is 11.6 Å². The number of hydrogen-bond donors (Lipinski definition) is 2. The molecule has 0 spiro atoms.